The molecule has 0 amide bonds. The molecule has 0 saturated carbocycles. The lowest BCUT2D eigenvalue weighted by Crippen LogP contribution is -2.12. The zero-order chi connectivity index (χ0) is 34.4. The van der Waals surface area contributed by atoms with Crippen LogP contribution < -0.4 is 9.64 Å². The topological polar surface area (TPSA) is 12.5 Å². The summed E-state index contributed by atoms with van der Waals surface area (Å²) in [5.41, 5.74) is 12.7. The van der Waals surface area contributed by atoms with Crippen LogP contribution in [0.5, 0.6) is 11.5 Å². The number of benzene rings is 9. The highest BCUT2D eigenvalue weighted by molar-refractivity contribution is 6.10. The molecule has 52 heavy (non-hydrogen) atoms. The first-order chi connectivity index (χ1) is 25.8. The lowest BCUT2D eigenvalue weighted by atomic mass is 9.90. The Morgan fingerprint density at radius 1 is 0.327 bits per heavy atom. The van der Waals surface area contributed by atoms with Crippen LogP contribution in [0.15, 0.2) is 200 Å². The van der Waals surface area contributed by atoms with Crippen molar-refractivity contribution >= 4 is 38.6 Å². The first-order valence-corrected chi connectivity index (χ1v) is 17.8. The number of hydrogen-bond donors (Lipinski definition) is 0. The summed E-state index contributed by atoms with van der Waals surface area (Å²) in [7, 11) is 0. The monoisotopic (exact) mass is 663 g/mol. The zero-order valence-electron chi connectivity index (χ0n) is 28.4. The molecule has 9 aromatic carbocycles. The van der Waals surface area contributed by atoms with Gasteiger partial charge in [0.1, 0.15) is 11.5 Å². The lowest BCUT2D eigenvalue weighted by Gasteiger charge is -2.29. The van der Waals surface area contributed by atoms with Gasteiger partial charge in [-0.05, 0) is 80.6 Å². The minimum atomic E-state index is 0.897. The SMILES string of the molecule is c1ccc(-c2ccc(-c3ccccc3N(c3cccc(-c4ccc5c6c(cccc46)-c4ccccc4O5)c3)c3cccc4ccccc34)cc2)cc1. The van der Waals surface area contributed by atoms with E-state index in [2.05, 4.69) is 193 Å². The summed E-state index contributed by atoms with van der Waals surface area (Å²) in [6.07, 6.45) is 0. The van der Waals surface area contributed by atoms with Crippen molar-refractivity contribution < 1.29 is 4.74 Å². The van der Waals surface area contributed by atoms with E-state index in [1.165, 1.54) is 44.0 Å². The Balaban J connectivity index is 1.15. The summed E-state index contributed by atoms with van der Waals surface area (Å²) < 4.78 is 6.44. The van der Waals surface area contributed by atoms with Gasteiger partial charge < -0.3 is 9.64 Å². The lowest BCUT2D eigenvalue weighted by molar-refractivity contribution is 0.487. The van der Waals surface area contributed by atoms with Crippen molar-refractivity contribution in [3.63, 3.8) is 0 Å². The van der Waals surface area contributed by atoms with Gasteiger partial charge in [-0.3, -0.25) is 0 Å². The molecular weight excluding hydrogens is 631 g/mol. The number of para-hydroxylation sites is 2. The van der Waals surface area contributed by atoms with Gasteiger partial charge in [0.15, 0.2) is 0 Å². The van der Waals surface area contributed by atoms with E-state index in [-0.39, 0.29) is 0 Å². The third-order valence-electron chi connectivity index (χ3n) is 10.3. The van der Waals surface area contributed by atoms with Gasteiger partial charge in [0, 0.05) is 27.6 Å². The van der Waals surface area contributed by atoms with Gasteiger partial charge in [0.25, 0.3) is 0 Å². The normalized spacial score (nSPS) is 11.6. The molecule has 1 aliphatic heterocycles. The Bertz CT molecular complexity index is 2760. The summed E-state index contributed by atoms with van der Waals surface area (Å²) in [5.74, 6) is 1.80. The van der Waals surface area contributed by atoms with Crippen LogP contribution in [0.25, 0.3) is 66.1 Å². The molecule has 9 aromatic rings. The van der Waals surface area contributed by atoms with E-state index in [1.807, 2.05) is 12.1 Å². The Labute approximate surface area is 303 Å². The predicted molar refractivity (Wildman–Crippen MR) is 218 cm³/mol. The number of ether oxygens (including phenoxy) is 1. The van der Waals surface area contributed by atoms with Gasteiger partial charge in [-0.1, -0.05) is 164 Å². The summed E-state index contributed by atoms with van der Waals surface area (Å²) >= 11 is 0. The Morgan fingerprint density at radius 3 is 1.85 bits per heavy atom. The van der Waals surface area contributed by atoms with E-state index < -0.39 is 0 Å². The molecule has 0 fully saturated rings. The van der Waals surface area contributed by atoms with Crippen LogP contribution in [0.4, 0.5) is 17.1 Å². The van der Waals surface area contributed by atoms with Crippen molar-refractivity contribution in [2.24, 2.45) is 0 Å². The fourth-order valence-electron chi connectivity index (χ4n) is 7.84. The van der Waals surface area contributed by atoms with Crippen LogP contribution in [0.1, 0.15) is 0 Å². The summed E-state index contributed by atoms with van der Waals surface area (Å²) in [4.78, 5) is 2.43. The quantitative estimate of drug-likeness (QED) is 0.176. The summed E-state index contributed by atoms with van der Waals surface area (Å²) in [6.45, 7) is 0. The van der Waals surface area contributed by atoms with E-state index in [4.69, 9.17) is 4.74 Å². The van der Waals surface area contributed by atoms with Crippen molar-refractivity contribution in [3.05, 3.63) is 200 Å². The summed E-state index contributed by atoms with van der Waals surface area (Å²) in [5, 5.41) is 4.73. The third-order valence-corrected chi connectivity index (χ3v) is 10.3. The van der Waals surface area contributed by atoms with Gasteiger partial charge in [0.2, 0.25) is 0 Å². The average Bonchev–Trinajstić information content (AvgIpc) is 3.22. The van der Waals surface area contributed by atoms with Gasteiger partial charge in [-0.25, -0.2) is 0 Å². The smallest absolute Gasteiger partial charge is 0.135 e. The molecule has 1 heterocycles. The molecule has 2 nitrogen and oxygen atoms in total. The minimum absolute atomic E-state index is 0.897. The number of anilines is 3. The highest BCUT2D eigenvalue weighted by Gasteiger charge is 2.23. The highest BCUT2D eigenvalue weighted by atomic mass is 16.5. The molecular formula is C50H33NO. The molecule has 244 valence electrons. The molecule has 0 bridgehead atoms. The van der Waals surface area contributed by atoms with Gasteiger partial charge in [-0.2, -0.15) is 0 Å². The third kappa shape index (κ3) is 5.04. The molecule has 0 aromatic heterocycles. The van der Waals surface area contributed by atoms with Crippen LogP contribution in [0, 0.1) is 0 Å². The van der Waals surface area contributed by atoms with Crippen LogP contribution in [0.2, 0.25) is 0 Å². The number of nitrogens with zero attached hydrogens (tertiary/aromatic N) is 1. The summed E-state index contributed by atoms with van der Waals surface area (Å²) in [6, 6.07) is 71.7. The van der Waals surface area contributed by atoms with Crippen molar-refractivity contribution in [1.29, 1.82) is 0 Å². The maximum Gasteiger partial charge on any atom is 0.135 e. The van der Waals surface area contributed by atoms with Gasteiger partial charge in [-0.15, -0.1) is 0 Å². The maximum absolute atomic E-state index is 6.44. The molecule has 0 spiro atoms. The average molecular weight is 664 g/mol. The fourth-order valence-corrected chi connectivity index (χ4v) is 7.84. The van der Waals surface area contributed by atoms with Crippen molar-refractivity contribution in [1.82, 2.24) is 0 Å². The predicted octanol–water partition coefficient (Wildman–Crippen LogP) is 14.2. The van der Waals surface area contributed by atoms with E-state index in [1.54, 1.807) is 0 Å². The number of hydrogen-bond acceptors (Lipinski definition) is 2. The molecule has 2 heteroatoms. The standard InChI is InChI=1S/C50H33NO/c1-2-13-34(14-3-1)35-27-29-37(30-28-35)42-20-6-8-24-46(42)51(47-25-11-16-36-15-4-5-19-41(36)47)39-18-10-17-38(33-39)40-31-32-49-50-44(40)22-12-23-45(50)43-21-7-9-26-48(43)52-49/h1-33H. The molecule has 10 rings (SSSR count). The second kappa shape index (κ2) is 12.5. The van der Waals surface area contributed by atoms with Crippen LogP contribution in [-0.2, 0) is 0 Å². The highest BCUT2D eigenvalue weighted by Crippen LogP contribution is 2.49. The Hall–Kier alpha value is -6.90. The van der Waals surface area contributed by atoms with Crippen molar-refractivity contribution in [3.8, 4) is 56.0 Å². The van der Waals surface area contributed by atoms with E-state index in [0.29, 0.717) is 0 Å². The van der Waals surface area contributed by atoms with Crippen LogP contribution >= 0.6 is 0 Å². The minimum Gasteiger partial charge on any atom is -0.456 e. The zero-order valence-corrected chi connectivity index (χ0v) is 28.4. The second-order valence-corrected chi connectivity index (χ2v) is 13.3. The maximum atomic E-state index is 6.44. The van der Waals surface area contributed by atoms with E-state index >= 15 is 0 Å². The van der Waals surface area contributed by atoms with Crippen molar-refractivity contribution in [2.75, 3.05) is 4.90 Å². The first kappa shape index (κ1) is 30.0. The van der Waals surface area contributed by atoms with E-state index in [0.717, 1.165) is 50.6 Å². The molecule has 1 aliphatic rings. The Morgan fingerprint density at radius 2 is 0.942 bits per heavy atom. The number of rotatable bonds is 6. The molecule has 0 N–H and O–H groups in total. The van der Waals surface area contributed by atoms with Crippen molar-refractivity contribution in [2.45, 2.75) is 0 Å². The molecule has 0 atom stereocenters. The van der Waals surface area contributed by atoms with E-state index in [9.17, 15) is 0 Å². The van der Waals surface area contributed by atoms with Crippen LogP contribution in [0.3, 0.4) is 0 Å². The largest absolute Gasteiger partial charge is 0.456 e. The molecule has 0 unspecified atom stereocenters. The Kier molecular flexibility index (Phi) is 7.18. The number of fused-ring (bicyclic) bond motifs is 3. The molecule has 0 aliphatic carbocycles. The molecule has 0 saturated heterocycles. The van der Waals surface area contributed by atoms with Gasteiger partial charge >= 0.3 is 0 Å². The van der Waals surface area contributed by atoms with Gasteiger partial charge in [0.05, 0.1) is 11.4 Å². The molecule has 0 radical (unpaired) electrons. The first-order valence-electron chi connectivity index (χ1n) is 17.8. The van der Waals surface area contributed by atoms with Crippen LogP contribution in [-0.4, -0.2) is 0 Å². The fraction of sp³-hybridized carbons (Fsp3) is 0. The second-order valence-electron chi connectivity index (χ2n) is 13.3.